The summed E-state index contributed by atoms with van der Waals surface area (Å²) in [5.41, 5.74) is 1.58. The van der Waals surface area contributed by atoms with E-state index in [1.165, 1.54) is 25.4 Å². The number of rotatable bonds is 8. The minimum atomic E-state index is -0.341. The molecule has 150 valence electrons. The first-order valence-electron chi connectivity index (χ1n) is 8.75. The highest BCUT2D eigenvalue weighted by atomic mass is 35.5. The molecule has 3 rings (SSSR count). The minimum absolute atomic E-state index is 0.0788. The Labute approximate surface area is 177 Å². The Hall–Kier alpha value is -2.90. The number of benzene rings is 2. The molecule has 0 aliphatic carbocycles. The van der Waals surface area contributed by atoms with Crippen molar-refractivity contribution in [2.24, 2.45) is 0 Å². The van der Waals surface area contributed by atoms with E-state index in [1.54, 1.807) is 24.4 Å². The lowest BCUT2D eigenvalue weighted by atomic mass is 10.1. The number of Topliss-reactive ketones (excluding diaryl/α,β-unsaturated/α-hetero) is 1. The van der Waals surface area contributed by atoms with E-state index in [0.717, 1.165) is 10.4 Å². The van der Waals surface area contributed by atoms with Crippen LogP contribution >= 0.6 is 22.9 Å². The summed E-state index contributed by atoms with van der Waals surface area (Å²) in [6.07, 6.45) is 2.41. The highest BCUT2D eigenvalue weighted by Crippen LogP contribution is 2.28. The minimum Gasteiger partial charge on any atom is -0.493 e. The fourth-order valence-corrected chi connectivity index (χ4v) is 3.68. The first-order valence-corrected chi connectivity index (χ1v) is 9.95. The molecule has 0 aliphatic heterocycles. The van der Waals surface area contributed by atoms with E-state index >= 15 is 0 Å². The van der Waals surface area contributed by atoms with Gasteiger partial charge in [-0.1, -0.05) is 23.7 Å². The number of methoxy groups -OCH3 is 1. The summed E-state index contributed by atoms with van der Waals surface area (Å²) < 4.78 is 10.8. The number of hydrogen-bond acceptors (Lipinski definition) is 6. The lowest BCUT2D eigenvalue weighted by Gasteiger charge is -2.11. The summed E-state index contributed by atoms with van der Waals surface area (Å²) >= 11 is 7.40. The van der Waals surface area contributed by atoms with Crippen LogP contribution in [0.2, 0.25) is 5.02 Å². The van der Waals surface area contributed by atoms with Gasteiger partial charge in [-0.05, 0) is 42.8 Å². The molecule has 8 heteroatoms. The van der Waals surface area contributed by atoms with Gasteiger partial charge in [-0.25, -0.2) is 4.98 Å². The van der Waals surface area contributed by atoms with Crippen molar-refractivity contribution >= 4 is 39.8 Å². The Morgan fingerprint density at radius 1 is 1.17 bits per heavy atom. The predicted molar refractivity (Wildman–Crippen MR) is 113 cm³/mol. The van der Waals surface area contributed by atoms with Gasteiger partial charge in [0, 0.05) is 28.1 Å². The van der Waals surface area contributed by atoms with Crippen LogP contribution in [0.1, 0.15) is 27.7 Å². The first-order chi connectivity index (χ1) is 13.9. The number of thiazole rings is 1. The van der Waals surface area contributed by atoms with Crippen LogP contribution in [-0.2, 0) is 11.2 Å². The standard InChI is InChI=1S/C21H19ClN2O4S/c1-13(25)15-6-7-18(19(10-15)27-2)28-12-20(26)24-21-23-11-17(29-21)9-14-4-3-5-16(22)8-14/h3-8,10-11H,9,12H2,1-2H3,(H,23,24,26). The molecule has 1 amide bonds. The normalized spacial score (nSPS) is 10.4. The lowest BCUT2D eigenvalue weighted by molar-refractivity contribution is -0.118. The second-order valence-corrected chi connectivity index (χ2v) is 7.75. The molecule has 1 N–H and O–H groups in total. The highest BCUT2D eigenvalue weighted by molar-refractivity contribution is 7.15. The molecule has 29 heavy (non-hydrogen) atoms. The summed E-state index contributed by atoms with van der Waals surface area (Å²) in [5.74, 6) is 0.355. The van der Waals surface area contributed by atoms with Gasteiger partial charge in [0.25, 0.3) is 5.91 Å². The quantitative estimate of drug-likeness (QED) is 0.528. The van der Waals surface area contributed by atoms with Crippen molar-refractivity contribution in [3.63, 3.8) is 0 Å². The highest BCUT2D eigenvalue weighted by Gasteiger charge is 2.12. The Kier molecular flexibility index (Phi) is 6.85. The van der Waals surface area contributed by atoms with Gasteiger partial charge < -0.3 is 9.47 Å². The maximum atomic E-state index is 12.2. The molecular formula is C21H19ClN2O4S. The summed E-state index contributed by atoms with van der Waals surface area (Å²) in [5, 5.41) is 3.90. The van der Waals surface area contributed by atoms with Crippen LogP contribution in [0.4, 0.5) is 5.13 Å². The fourth-order valence-electron chi connectivity index (χ4n) is 2.60. The third-order valence-corrected chi connectivity index (χ3v) is 5.14. The van der Waals surface area contributed by atoms with Gasteiger partial charge in [0.2, 0.25) is 0 Å². The third-order valence-electron chi connectivity index (χ3n) is 4.00. The zero-order valence-electron chi connectivity index (χ0n) is 15.9. The summed E-state index contributed by atoms with van der Waals surface area (Å²) in [6.45, 7) is 1.26. The third kappa shape index (κ3) is 5.79. The zero-order chi connectivity index (χ0) is 20.8. The van der Waals surface area contributed by atoms with Crippen LogP contribution in [0.25, 0.3) is 0 Å². The van der Waals surface area contributed by atoms with Crippen molar-refractivity contribution in [2.45, 2.75) is 13.3 Å². The van der Waals surface area contributed by atoms with Crippen molar-refractivity contribution in [1.82, 2.24) is 4.98 Å². The molecule has 3 aromatic rings. The number of hydrogen-bond donors (Lipinski definition) is 1. The van der Waals surface area contributed by atoms with E-state index in [1.807, 2.05) is 24.3 Å². The van der Waals surface area contributed by atoms with Crippen LogP contribution in [0.3, 0.4) is 0 Å². The second kappa shape index (κ2) is 9.54. The van der Waals surface area contributed by atoms with E-state index in [0.29, 0.717) is 33.6 Å². The van der Waals surface area contributed by atoms with Gasteiger partial charge in [-0.15, -0.1) is 11.3 Å². The van der Waals surface area contributed by atoms with Crippen LogP contribution in [0, 0.1) is 0 Å². The van der Waals surface area contributed by atoms with Gasteiger partial charge in [0.1, 0.15) is 0 Å². The fraction of sp³-hybridized carbons (Fsp3) is 0.190. The van der Waals surface area contributed by atoms with Crippen molar-refractivity contribution in [3.8, 4) is 11.5 Å². The number of nitrogens with zero attached hydrogens (tertiary/aromatic N) is 1. The molecule has 0 saturated carbocycles. The van der Waals surface area contributed by atoms with E-state index in [9.17, 15) is 9.59 Å². The van der Waals surface area contributed by atoms with Crippen molar-refractivity contribution < 1.29 is 19.1 Å². The number of ketones is 1. The number of carbonyl (C=O) groups is 2. The summed E-state index contributed by atoms with van der Waals surface area (Å²) in [7, 11) is 1.48. The van der Waals surface area contributed by atoms with Crippen LogP contribution in [-0.4, -0.2) is 30.4 Å². The van der Waals surface area contributed by atoms with Crippen LogP contribution in [0.5, 0.6) is 11.5 Å². The molecule has 0 atom stereocenters. The number of nitrogens with one attached hydrogen (secondary N) is 1. The van der Waals surface area contributed by atoms with Gasteiger partial charge in [0.15, 0.2) is 29.0 Å². The molecule has 2 aromatic carbocycles. The molecule has 0 unspecified atom stereocenters. The van der Waals surface area contributed by atoms with Gasteiger partial charge in [0.05, 0.1) is 7.11 Å². The number of anilines is 1. The molecule has 1 aromatic heterocycles. The average Bonchev–Trinajstić information content (AvgIpc) is 3.12. The Morgan fingerprint density at radius 3 is 2.72 bits per heavy atom. The SMILES string of the molecule is COc1cc(C(C)=O)ccc1OCC(=O)Nc1ncc(Cc2cccc(Cl)c2)s1. The Morgan fingerprint density at radius 2 is 2.00 bits per heavy atom. The summed E-state index contributed by atoms with van der Waals surface area (Å²) in [4.78, 5) is 28.9. The number of aromatic nitrogens is 1. The number of carbonyl (C=O) groups excluding carboxylic acids is 2. The maximum Gasteiger partial charge on any atom is 0.264 e. The smallest absolute Gasteiger partial charge is 0.264 e. The zero-order valence-corrected chi connectivity index (χ0v) is 17.5. The molecule has 0 bridgehead atoms. The van der Waals surface area contributed by atoms with Crippen LogP contribution in [0.15, 0.2) is 48.7 Å². The summed E-state index contributed by atoms with van der Waals surface area (Å²) in [6, 6.07) is 12.4. The average molecular weight is 431 g/mol. The second-order valence-electron chi connectivity index (χ2n) is 6.20. The molecule has 0 aliphatic rings. The van der Waals surface area contributed by atoms with E-state index in [4.69, 9.17) is 21.1 Å². The molecule has 0 radical (unpaired) electrons. The maximum absolute atomic E-state index is 12.2. The number of amides is 1. The van der Waals surface area contributed by atoms with Gasteiger partial charge in [-0.2, -0.15) is 0 Å². The molecule has 6 nitrogen and oxygen atoms in total. The topological polar surface area (TPSA) is 77.5 Å². The van der Waals surface area contributed by atoms with Crippen molar-refractivity contribution in [1.29, 1.82) is 0 Å². The van der Waals surface area contributed by atoms with Gasteiger partial charge >= 0.3 is 0 Å². The van der Waals surface area contributed by atoms with E-state index < -0.39 is 0 Å². The van der Waals surface area contributed by atoms with Crippen molar-refractivity contribution in [2.75, 3.05) is 19.0 Å². The van der Waals surface area contributed by atoms with Crippen molar-refractivity contribution in [3.05, 3.63) is 69.7 Å². The Balaban J connectivity index is 1.56. The number of halogens is 1. The molecule has 0 fully saturated rings. The largest absolute Gasteiger partial charge is 0.493 e. The molecule has 0 saturated heterocycles. The predicted octanol–water partition coefficient (Wildman–Crippen LogP) is 4.62. The van der Waals surface area contributed by atoms with Crippen LogP contribution < -0.4 is 14.8 Å². The lowest BCUT2D eigenvalue weighted by Crippen LogP contribution is -2.20. The Bertz CT molecular complexity index is 1040. The monoisotopic (exact) mass is 430 g/mol. The van der Waals surface area contributed by atoms with E-state index in [2.05, 4.69) is 10.3 Å². The number of ether oxygens (including phenoxy) is 2. The molecule has 1 heterocycles. The molecule has 0 spiro atoms. The van der Waals surface area contributed by atoms with E-state index in [-0.39, 0.29) is 18.3 Å². The molecular weight excluding hydrogens is 412 g/mol. The van der Waals surface area contributed by atoms with Gasteiger partial charge in [-0.3, -0.25) is 14.9 Å². The first kappa shape index (κ1) is 20.8.